The maximum Gasteiger partial charge on any atom is 0.0815 e. The van der Waals surface area contributed by atoms with Gasteiger partial charge in [0.2, 0.25) is 0 Å². The highest BCUT2D eigenvalue weighted by Crippen LogP contribution is 2.65. The minimum absolute atomic E-state index is 0.402. The van der Waals surface area contributed by atoms with Crippen molar-refractivity contribution in [3.63, 3.8) is 0 Å². The average Bonchev–Trinajstić information content (AvgIpc) is 2.70. The van der Waals surface area contributed by atoms with Crippen LogP contribution < -0.4 is 5.32 Å². The van der Waals surface area contributed by atoms with Crippen molar-refractivity contribution in [2.45, 2.75) is 64.5 Å². The number of rotatable bonds is 3. The van der Waals surface area contributed by atoms with Crippen molar-refractivity contribution >= 4 is 0 Å². The van der Waals surface area contributed by atoms with E-state index in [1.54, 1.807) is 0 Å². The maximum absolute atomic E-state index is 10.6. The van der Waals surface area contributed by atoms with Crippen LogP contribution in [0.25, 0.3) is 0 Å². The Morgan fingerprint density at radius 3 is 2.37 bits per heavy atom. The van der Waals surface area contributed by atoms with Gasteiger partial charge in [-0.1, -0.05) is 20.8 Å². The second-order valence-corrected chi connectivity index (χ2v) is 7.88. The summed E-state index contributed by atoms with van der Waals surface area (Å²) in [7, 11) is 0. The zero-order valence-corrected chi connectivity index (χ0v) is 12.7. The Hall–Kier alpha value is -0.120. The molecule has 0 aromatic carbocycles. The monoisotopic (exact) mass is 267 g/mol. The molecule has 2 saturated carbocycles. The van der Waals surface area contributed by atoms with Crippen LogP contribution in [0.3, 0.4) is 0 Å². The van der Waals surface area contributed by atoms with Crippen LogP contribution in [0.4, 0.5) is 0 Å². The highest BCUT2D eigenvalue weighted by atomic mass is 16.5. The van der Waals surface area contributed by atoms with E-state index in [1.165, 1.54) is 19.3 Å². The third-order valence-electron chi connectivity index (χ3n) is 6.90. The summed E-state index contributed by atoms with van der Waals surface area (Å²) in [4.78, 5) is 0. The van der Waals surface area contributed by atoms with Crippen LogP contribution in [0.2, 0.25) is 0 Å². The van der Waals surface area contributed by atoms with E-state index >= 15 is 0 Å². The lowest BCUT2D eigenvalue weighted by Gasteiger charge is -2.41. The van der Waals surface area contributed by atoms with Crippen LogP contribution in [-0.4, -0.2) is 36.5 Å². The molecule has 2 N–H and O–H groups in total. The Morgan fingerprint density at radius 1 is 1.16 bits per heavy atom. The first-order valence-electron chi connectivity index (χ1n) is 7.91. The zero-order chi connectivity index (χ0) is 13.7. The van der Waals surface area contributed by atoms with Crippen molar-refractivity contribution in [1.29, 1.82) is 0 Å². The van der Waals surface area contributed by atoms with Gasteiger partial charge in [-0.3, -0.25) is 0 Å². The lowest BCUT2D eigenvalue weighted by atomic mass is 9.69. The summed E-state index contributed by atoms with van der Waals surface area (Å²) in [6.45, 7) is 9.47. The van der Waals surface area contributed by atoms with Crippen molar-refractivity contribution in [1.82, 2.24) is 5.32 Å². The molecule has 0 aromatic rings. The van der Waals surface area contributed by atoms with Gasteiger partial charge in [-0.2, -0.15) is 0 Å². The Morgan fingerprint density at radius 2 is 1.84 bits per heavy atom. The summed E-state index contributed by atoms with van der Waals surface area (Å²) in [5.41, 5.74) is 0.308. The van der Waals surface area contributed by atoms with Gasteiger partial charge in [-0.15, -0.1) is 0 Å². The summed E-state index contributed by atoms with van der Waals surface area (Å²) in [5.74, 6) is 0.860. The standard InChI is InChI=1S/C16H29NO2/c1-14(2)12-4-5-15(14,3)13(10-12)17-11-16(18)6-8-19-9-7-16/h12-13,17-18H,4-11H2,1-3H3. The van der Waals surface area contributed by atoms with Gasteiger partial charge in [0.25, 0.3) is 0 Å². The second kappa shape index (κ2) is 4.44. The molecule has 110 valence electrons. The molecule has 1 saturated heterocycles. The largest absolute Gasteiger partial charge is 0.388 e. The van der Waals surface area contributed by atoms with Gasteiger partial charge < -0.3 is 15.2 Å². The van der Waals surface area contributed by atoms with E-state index in [0.29, 0.717) is 30.1 Å². The smallest absolute Gasteiger partial charge is 0.0815 e. The van der Waals surface area contributed by atoms with Gasteiger partial charge in [0.1, 0.15) is 0 Å². The van der Waals surface area contributed by atoms with Crippen LogP contribution in [0.15, 0.2) is 0 Å². The van der Waals surface area contributed by atoms with E-state index in [4.69, 9.17) is 4.74 Å². The first-order valence-corrected chi connectivity index (χ1v) is 7.91. The molecule has 19 heavy (non-hydrogen) atoms. The highest BCUT2D eigenvalue weighted by Gasteiger charge is 2.61. The van der Waals surface area contributed by atoms with Gasteiger partial charge in [0.05, 0.1) is 5.60 Å². The van der Waals surface area contributed by atoms with E-state index in [-0.39, 0.29) is 0 Å². The van der Waals surface area contributed by atoms with Crippen molar-refractivity contribution in [2.75, 3.05) is 19.8 Å². The molecule has 2 aliphatic carbocycles. The molecule has 3 nitrogen and oxygen atoms in total. The average molecular weight is 267 g/mol. The molecule has 1 aliphatic heterocycles. The predicted molar refractivity (Wildman–Crippen MR) is 76.0 cm³/mol. The van der Waals surface area contributed by atoms with Crippen molar-refractivity contribution < 1.29 is 9.84 Å². The van der Waals surface area contributed by atoms with Gasteiger partial charge in [0, 0.05) is 38.6 Å². The summed E-state index contributed by atoms with van der Waals surface area (Å²) in [6, 6.07) is 0.577. The molecule has 3 fully saturated rings. The number of nitrogens with one attached hydrogen (secondary N) is 1. The van der Waals surface area contributed by atoms with Gasteiger partial charge in [-0.05, 0) is 36.0 Å². The molecule has 0 amide bonds. The summed E-state index contributed by atoms with van der Waals surface area (Å²) >= 11 is 0. The molecule has 0 spiro atoms. The number of hydrogen-bond acceptors (Lipinski definition) is 3. The third-order valence-corrected chi connectivity index (χ3v) is 6.90. The van der Waals surface area contributed by atoms with Crippen molar-refractivity contribution in [3.8, 4) is 0 Å². The molecular formula is C16H29NO2. The first-order chi connectivity index (χ1) is 8.87. The van der Waals surface area contributed by atoms with Gasteiger partial charge >= 0.3 is 0 Å². The summed E-state index contributed by atoms with van der Waals surface area (Å²) in [6.07, 6.45) is 5.56. The predicted octanol–water partition coefficient (Wildman–Crippen LogP) is 2.33. The van der Waals surface area contributed by atoms with Crippen LogP contribution in [0, 0.1) is 16.7 Å². The Kier molecular flexibility index (Phi) is 3.23. The van der Waals surface area contributed by atoms with Crippen LogP contribution in [0.1, 0.15) is 52.9 Å². The Balaban J connectivity index is 1.63. The molecule has 3 atom stereocenters. The first kappa shape index (κ1) is 13.8. The lowest BCUT2D eigenvalue weighted by Crippen LogP contribution is -2.52. The summed E-state index contributed by atoms with van der Waals surface area (Å²) < 4.78 is 5.35. The van der Waals surface area contributed by atoms with Gasteiger partial charge in [-0.25, -0.2) is 0 Å². The molecule has 3 rings (SSSR count). The molecule has 1 heterocycles. The fraction of sp³-hybridized carbons (Fsp3) is 1.00. The number of hydrogen-bond donors (Lipinski definition) is 2. The minimum Gasteiger partial charge on any atom is -0.388 e. The van der Waals surface area contributed by atoms with E-state index in [0.717, 1.165) is 25.3 Å². The van der Waals surface area contributed by atoms with Crippen LogP contribution in [-0.2, 0) is 4.74 Å². The third kappa shape index (κ3) is 2.05. The quantitative estimate of drug-likeness (QED) is 0.824. The number of ether oxygens (including phenoxy) is 1. The normalized spacial score (nSPS) is 43.6. The topological polar surface area (TPSA) is 41.5 Å². The molecule has 3 heteroatoms. The minimum atomic E-state index is -0.541. The maximum atomic E-state index is 10.6. The van der Waals surface area contributed by atoms with Crippen molar-refractivity contribution in [3.05, 3.63) is 0 Å². The SMILES string of the molecule is CC1(C)C2CCC1(C)C(NCC1(O)CCOCC1)C2. The van der Waals surface area contributed by atoms with Crippen LogP contribution >= 0.6 is 0 Å². The fourth-order valence-electron chi connectivity index (χ4n) is 4.75. The molecule has 2 bridgehead atoms. The molecule has 3 unspecified atom stereocenters. The Bertz CT molecular complexity index is 349. The lowest BCUT2D eigenvalue weighted by molar-refractivity contribution is -0.0651. The zero-order valence-electron chi connectivity index (χ0n) is 12.7. The van der Waals surface area contributed by atoms with E-state index in [2.05, 4.69) is 26.1 Å². The molecular weight excluding hydrogens is 238 g/mol. The molecule has 0 aromatic heterocycles. The van der Waals surface area contributed by atoms with E-state index < -0.39 is 5.60 Å². The van der Waals surface area contributed by atoms with Crippen LogP contribution in [0.5, 0.6) is 0 Å². The summed E-state index contributed by atoms with van der Waals surface area (Å²) in [5, 5.41) is 14.3. The van der Waals surface area contributed by atoms with Crippen molar-refractivity contribution in [2.24, 2.45) is 16.7 Å². The molecule has 3 aliphatic rings. The fourth-order valence-corrected chi connectivity index (χ4v) is 4.75. The van der Waals surface area contributed by atoms with E-state index in [1.807, 2.05) is 0 Å². The second-order valence-electron chi connectivity index (χ2n) is 7.88. The van der Waals surface area contributed by atoms with Gasteiger partial charge in [0.15, 0.2) is 0 Å². The van der Waals surface area contributed by atoms with E-state index in [9.17, 15) is 5.11 Å². The Labute approximate surface area is 117 Å². The molecule has 0 radical (unpaired) electrons. The highest BCUT2D eigenvalue weighted by molar-refractivity contribution is 5.13. The number of fused-ring (bicyclic) bond motifs is 2. The number of aliphatic hydroxyl groups is 1.